The largest absolute Gasteiger partial charge is 0.509 e. The number of aliphatic hydroxyl groups is 1. The zero-order valence-corrected chi connectivity index (χ0v) is 22.8. The maximum Gasteiger partial charge on any atom is 0.231 e. The fraction of sp³-hybridized carbons (Fsp3) is 0.333. The van der Waals surface area contributed by atoms with Gasteiger partial charge in [0.25, 0.3) is 0 Å². The van der Waals surface area contributed by atoms with Crippen LogP contribution in [0.4, 0.5) is 0 Å². The van der Waals surface area contributed by atoms with Gasteiger partial charge in [0.15, 0.2) is 23.0 Å². The number of aromatic nitrogens is 1. The zero-order chi connectivity index (χ0) is 25.8. The summed E-state index contributed by atoms with van der Waals surface area (Å²) >= 11 is 1.33. The minimum Gasteiger partial charge on any atom is -0.509 e. The van der Waals surface area contributed by atoms with Crippen molar-refractivity contribution in [2.24, 2.45) is 0 Å². The van der Waals surface area contributed by atoms with Gasteiger partial charge in [0.2, 0.25) is 6.79 Å². The Balaban J connectivity index is 0.00000336. The Hall–Kier alpha value is -3.49. The van der Waals surface area contributed by atoms with E-state index in [4.69, 9.17) is 18.9 Å². The highest BCUT2D eigenvalue weighted by Crippen LogP contribution is 2.35. The van der Waals surface area contributed by atoms with E-state index in [0.717, 1.165) is 49.8 Å². The molecule has 38 heavy (non-hydrogen) atoms. The summed E-state index contributed by atoms with van der Waals surface area (Å²) < 4.78 is 21.6. The van der Waals surface area contributed by atoms with Crippen molar-refractivity contribution in [3.05, 3.63) is 58.1 Å². The number of benzene rings is 2. The summed E-state index contributed by atoms with van der Waals surface area (Å²) in [5, 5.41) is 23.0. The van der Waals surface area contributed by atoms with Crippen molar-refractivity contribution >= 4 is 29.3 Å². The quantitative estimate of drug-likeness (QED) is 0.315. The second kappa shape index (κ2) is 12.4. The Kier molecular flexibility index (Phi) is 8.97. The monoisotopic (exact) mass is 556 g/mol. The number of ether oxygens (including phenoxy) is 4. The van der Waals surface area contributed by atoms with Crippen LogP contribution >= 0.6 is 23.7 Å². The molecule has 2 aromatic carbocycles. The average Bonchev–Trinajstić information content (AvgIpc) is 3.60. The Morgan fingerprint density at radius 1 is 1.03 bits per heavy atom. The molecule has 0 saturated carbocycles. The highest BCUT2D eigenvalue weighted by molar-refractivity contribution is 7.11. The molecule has 0 aliphatic carbocycles. The van der Waals surface area contributed by atoms with E-state index >= 15 is 0 Å². The lowest BCUT2D eigenvalue weighted by Crippen LogP contribution is -2.46. The van der Waals surface area contributed by atoms with Crippen molar-refractivity contribution in [3.63, 3.8) is 0 Å². The van der Waals surface area contributed by atoms with E-state index in [1.54, 1.807) is 14.2 Å². The fourth-order valence-corrected chi connectivity index (χ4v) is 5.29. The van der Waals surface area contributed by atoms with Crippen LogP contribution in [0.1, 0.15) is 10.6 Å². The van der Waals surface area contributed by atoms with Crippen LogP contribution in [0.15, 0.2) is 47.5 Å². The molecule has 0 spiro atoms. The predicted molar refractivity (Wildman–Crippen MR) is 147 cm³/mol. The molecule has 3 aromatic rings. The van der Waals surface area contributed by atoms with Gasteiger partial charge in [-0.25, -0.2) is 4.98 Å². The normalized spacial score (nSPS) is 15.8. The van der Waals surface area contributed by atoms with E-state index in [1.807, 2.05) is 35.7 Å². The molecule has 1 fully saturated rings. The minimum atomic E-state index is 0. The van der Waals surface area contributed by atoms with E-state index in [9.17, 15) is 10.4 Å². The molecular weight excluding hydrogens is 528 g/mol. The third kappa shape index (κ3) is 5.97. The number of allylic oxidation sites excluding steroid dienone is 1. The second-order valence-corrected chi connectivity index (χ2v) is 9.64. The minimum absolute atomic E-state index is 0. The second-order valence-electron chi connectivity index (χ2n) is 8.78. The lowest BCUT2D eigenvalue weighted by molar-refractivity contribution is 0.125. The van der Waals surface area contributed by atoms with Gasteiger partial charge in [-0.3, -0.25) is 9.80 Å². The smallest absolute Gasteiger partial charge is 0.231 e. The van der Waals surface area contributed by atoms with Crippen molar-refractivity contribution in [1.29, 1.82) is 5.26 Å². The van der Waals surface area contributed by atoms with E-state index in [0.29, 0.717) is 28.7 Å². The lowest BCUT2D eigenvalue weighted by Gasteiger charge is -2.34. The number of methoxy groups -OCH3 is 2. The number of rotatable bonds is 8. The molecule has 1 aromatic heterocycles. The molecule has 2 aliphatic heterocycles. The van der Waals surface area contributed by atoms with Crippen molar-refractivity contribution < 1.29 is 24.1 Å². The Morgan fingerprint density at radius 2 is 1.76 bits per heavy atom. The summed E-state index contributed by atoms with van der Waals surface area (Å²) in [7, 11) is 3.17. The highest BCUT2D eigenvalue weighted by atomic mass is 35.5. The summed E-state index contributed by atoms with van der Waals surface area (Å²) in [4.78, 5) is 9.15. The van der Waals surface area contributed by atoms with Crippen molar-refractivity contribution in [3.8, 4) is 40.3 Å². The molecule has 2 aliphatic rings. The van der Waals surface area contributed by atoms with Crippen molar-refractivity contribution in [2.45, 2.75) is 6.54 Å². The number of thiazole rings is 1. The van der Waals surface area contributed by atoms with Gasteiger partial charge in [-0.15, -0.1) is 23.7 Å². The maximum atomic E-state index is 10.8. The van der Waals surface area contributed by atoms with Crippen LogP contribution in [0, 0.1) is 11.3 Å². The average molecular weight is 557 g/mol. The molecule has 11 heteroatoms. The standard InChI is InChI=1S/C27H28N4O5S.ClH/c1-33-23-6-4-19(12-25(23)34-2)21-16-37-27(29-21)20(13-28)22(32)15-31-9-7-30(8-10-31)14-18-3-5-24-26(11-18)36-17-35-24;/h3-6,11-12,16,32H,7-10,14-15,17H2,1-2H3;1H/b22-20-;. The van der Waals surface area contributed by atoms with Gasteiger partial charge in [-0.05, 0) is 35.9 Å². The maximum absolute atomic E-state index is 10.8. The van der Waals surface area contributed by atoms with E-state index in [1.165, 1.54) is 16.9 Å². The molecule has 0 unspecified atom stereocenters. The Morgan fingerprint density at radius 3 is 2.50 bits per heavy atom. The molecule has 5 rings (SSSR count). The molecule has 1 N–H and O–H groups in total. The first-order valence-corrected chi connectivity index (χ1v) is 12.8. The van der Waals surface area contributed by atoms with E-state index in [-0.39, 0.29) is 30.5 Å². The van der Waals surface area contributed by atoms with Gasteiger partial charge in [0, 0.05) is 43.7 Å². The fourth-order valence-electron chi connectivity index (χ4n) is 4.45. The number of piperazine rings is 1. The van der Waals surface area contributed by atoms with Crippen LogP contribution in [0.25, 0.3) is 16.8 Å². The molecule has 0 bridgehead atoms. The first kappa shape index (κ1) is 27.5. The van der Waals surface area contributed by atoms with Crippen LogP contribution in [0.5, 0.6) is 23.0 Å². The van der Waals surface area contributed by atoms with Gasteiger partial charge in [-0.1, -0.05) is 6.07 Å². The Bertz CT molecular complexity index is 1350. The highest BCUT2D eigenvalue weighted by Gasteiger charge is 2.22. The van der Waals surface area contributed by atoms with Gasteiger partial charge in [0.1, 0.15) is 22.4 Å². The summed E-state index contributed by atoms with van der Waals surface area (Å²) in [6, 6.07) is 13.8. The number of nitrogens with zero attached hydrogens (tertiary/aromatic N) is 4. The van der Waals surface area contributed by atoms with Crippen LogP contribution in [0.2, 0.25) is 0 Å². The van der Waals surface area contributed by atoms with Crippen LogP contribution in [-0.2, 0) is 6.54 Å². The molecule has 9 nitrogen and oxygen atoms in total. The molecule has 1 saturated heterocycles. The third-order valence-electron chi connectivity index (χ3n) is 6.48. The number of hydrogen-bond acceptors (Lipinski definition) is 10. The first-order chi connectivity index (χ1) is 18.1. The van der Waals surface area contributed by atoms with Gasteiger partial charge < -0.3 is 24.1 Å². The van der Waals surface area contributed by atoms with Gasteiger partial charge >= 0.3 is 0 Å². The zero-order valence-electron chi connectivity index (χ0n) is 21.2. The molecule has 0 amide bonds. The van der Waals surface area contributed by atoms with Crippen molar-refractivity contribution in [1.82, 2.24) is 14.8 Å². The van der Waals surface area contributed by atoms with Crippen LogP contribution in [0.3, 0.4) is 0 Å². The number of nitriles is 1. The van der Waals surface area contributed by atoms with Gasteiger partial charge in [-0.2, -0.15) is 5.26 Å². The number of aliphatic hydroxyl groups excluding tert-OH is 1. The molecule has 0 atom stereocenters. The number of hydrogen-bond donors (Lipinski definition) is 1. The molecular formula is C27H29ClN4O5S. The van der Waals surface area contributed by atoms with Crippen molar-refractivity contribution in [2.75, 3.05) is 53.7 Å². The summed E-state index contributed by atoms with van der Waals surface area (Å²) in [6.07, 6.45) is 0. The molecule has 200 valence electrons. The lowest BCUT2D eigenvalue weighted by atomic mass is 10.1. The third-order valence-corrected chi connectivity index (χ3v) is 7.34. The van der Waals surface area contributed by atoms with Crippen LogP contribution < -0.4 is 18.9 Å². The Labute approximate surface area is 231 Å². The number of halogens is 1. The predicted octanol–water partition coefficient (Wildman–Crippen LogP) is 4.59. The summed E-state index contributed by atoms with van der Waals surface area (Å²) in [5.41, 5.74) is 2.94. The molecule has 0 radical (unpaired) electrons. The summed E-state index contributed by atoms with van der Waals surface area (Å²) in [6.45, 7) is 4.73. The van der Waals surface area contributed by atoms with Crippen LogP contribution in [-0.4, -0.2) is 73.6 Å². The topological polar surface area (TPSA) is 100 Å². The van der Waals surface area contributed by atoms with E-state index in [2.05, 4.69) is 26.9 Å². The summed E-state index contributed by atoms with van der Waals surface area (Å²) in [5.74, 6) is 2.87. The van der Waals surface area contributed by atoms with Gasteiger partial charge in [0.05, 0.1) is 26.5 Å². The number of fused-ring (bicyclic) bond motifs is 1. The first-order valence-electron chi connectivity index (χ1n) is 11.9. The SMILES string of the molecule is COc1ccc(-c2csc(/C(C#N)=C(\O)CN3CCN(Cc4ccc5c(c4)OCO5)CC3)n2)cc1OC.Cl. The molecule has 3 heterocycles. The van der Waals surface area contributed by atoms with E-state index < -0.39 is 0 Å².